The maximum atomic E-state index is 13.2. The molecule has 8 heteroatoms. The van der Waals surface area contributed by atoms with Crippen molar-refractivity contribution in [2.75, 3.05) is 39.4 Å². The minimum absolute atomic E-state index is 0.0325. The number of carbonyl (C=O) groups excluding carboxylic acids is 2. The van der Waals surface area contributed by atoms with Crippen LogP contribution in [0.1, 0.15) is 36.1 Å². The van der Waals surface area contributed by atoms with E-state index in [1.807, 2.05) is 13.0 Å². The third-order valence-corrected chi connectivity index (χ3v) is 6.87. The Bertz CT molecular complexity index is 1170. The van der Waals surface area contributed by atoms with Crippen LogP contribution in [0.25, 0.3) is 5.76 Å². The van der Waals surface area contributed by atoms with Gasteiger partial charge < -0.3 is 24.6 Å². The van der Waals surface area contributed by atoms with Crippen molar-refractivity contribution in [2.24, 2.45) is 0 Å². The first-order chi connectivity index (χ1) is 16.9. The van der Waals surface area contributed by atoms with E-state index in [1.165, 1.54) is 17.0 Å². The number of phenolic OH excluding ortho intramolecular Hbond substituents is 1. The molecule has 8 nitrogen and oxygen atoms in total. The zero-order valence-corrected chi connectivity index (χ0v) is 19.8. The fraction of sp³-hybridized carbons (Fsp3) is 0.407. The van der Waals surface area contributed by atoms with Crippen molar-refractivity contribution in [3.05, 3.63) is 64.7 Å². The number of phenols is 1. The summed E-state index contributed by atoms with van der Waals surface area (Å²) in [6.45, 7) is 6.18. The predicted octanol–water partition coefficient (Wildman–Crippen LogP) is 2.86. The summed E-state index contributed by atoms with van der Waals surface area (Å²) in [7, 11) is 0. The molecular weight excluding hydrogens is 448 g/mol. The van der Waals surface area contributed by atoms with Gasteiger partial charge in [0.25, 0.3) is 11.7 Å². The molecule has 0 saturated carbocycles. The number of likely N-dealkylation sites (tertiary alicyclic amines) is 1. The maximum Gasteiger partial charge on any atom is 0.295 e. The van der Waals surface area contributed by atoms with E-state index in [4.69, 9.17) is 9.47 Å². The first-order valence-corrected chi connectivity index (χ1v) is 12.1. The molecule has 0 spiro atoms. The Morgan fingerprint density at radius 1 is 1.09 bits per heavy atom. The molecule has 1 amide bonds. The summed E-state index contributed by atoms with van der Waals surface area (Å²) in [5, 5.41) is 21.4. The normalized spacial score (nSPS) is 24.0. The van der Waals surface area contributed by atoms with Gasteiger partial charge in [-0.2, -0.15) is 0 Å². The SMILES string of the molecule is C[C@H]1Cc2cc(/C(O)=C3\C(=O)C(=O)N(CCCN4CCOCC4)[C@@H]3c3cccc(O)c3)ccc2O1. The molecule has 0 radical (unpaired) electrons. The summed E-state index contributed by atoms with van der Waals surface area (Å²) in [4.78, 5) is 30.2. The third-order valence-electron chi connectivity index (χ3n) is 6.87. The molecule has 0 unspecified atom stereocenters. The number of hydrogen-bond donors (Lipinski definition) is 2. The highest BCUT2D eigenvalue weighted by Gasteiger charge is 2.46. The van der Waals surface area contributed by atoms with Crippen LogP contribution in [0, 0.1) is 0 Å². The molecule has 2 saturated heterocycles. The molecule has 3 aliphatic heterocycles. The molecule has 2 N–H and O–H groups in total. The highest BCUT2D eigenvalue weighted by molar-refractivity contribution is 6.46. The first-order valence-electron chi connectivity index (χ1n) is 12.1. The van der Waals surface area contributed by atoms with Crippen molar-refractivity contribution in [3.63, 3.8) is 0 Å². The molecular formula is C27H30N2O6. The molecule has 35 heavy (non-hydrogen) atoms. The van der Waals surface area contributed by atoms with Crippen molar-refractivity contribution >= 4 is 17.4 Å². The number of rotatable bonds is 6. The fourth-order valence-corrected chi connectivity index (χ4v) is 5.17. The number of hydrogen-bond acceptors (Lipinski definition) is 7. The van der Waals surface area contributed by atoms with Gasteiger partial charge in [-0.15, -0.1) is 0 Å². The van der Waals surface area contributed by atoms with E-state index in [0.717, 1.165) is 30.9 Å². The average Bonchev–Trinajstić information content (AvgIpc) is 3.35. The lowest BCUT2D eigenvalue weighted by Crippen LogP contribution is -2.38. The van der Waals surface area contributed by atoms with E-state index in [0.29, 0.717) is 43.7 Å². The number of benzene rings is 2. The fourth-order valence-electron chi connectivity index (χ4n) is 5.17. The smallest absolute Gasteiger partial charge is 0.295 e. The Kier molecular flexibility index (Phi) is 6.49. The van der Waals surface area contributed by atoms with E-state index in [9.17, 15) is 19.8 Å². The third kappa shape index (κ3) is 4.63. The molecule has 2 aromatic carbocycles. The highest BCUT2D eigenvalue weighted by atomic mass is 16.5. The topological polar surface area (TPSA) is 99.5 Å². The van der Waals surface area contributed by atoms with E-state index in [1.54, 1.807) is 24.3 Å². The van der Waals surface area contributed by atoms with Gasteiger partial charge in [-0.3, -0.25) is 14.5 Å². The van der Waals surface area contributed by atoms with Gasteiger partial charge in [-0.25, -0.2) is 0 Å². The number of carbonyl (C=O) groups is 2. The van der Waals surface area contributed by atoms with Crippen LogP contribution >= 0.6 is 0 Å². The van der Waals surface area contributed by atoms with Gasteiger partial charge in [-0.05, 0) is 54.8 Å². The van der Waals surface area contributed by atoms with E-state index >= 15 is 0 Å². The van der Waals surface area contributed by atoms with Gasteiger partial charge in [0.1, 0.15) is 23.4 Å². The van der Waals surface area contributed by atoms with E-state index in [-0.39, 0.29) is 23.2 Å². The van der Waals surface area contributed by atoms with Crippen molar-refractivity contribution < 1.29 is 29.3 Å². The van der Waals surface area contributed by atoms with Gasteiger partial charge in [-0.1, -0.05) is 12.1 Å². The molecule has 2 aromatic rings. The summed E-state index contributed by atoms with van der Waals surface area (Å²) < 4.78 is 11.2. The molecule has 2 fully saturated rings. The number of fused-ring (bicyclic) bond motifs is 1. The van der Waals surface area contributed by atoms with Gasteiger partial charge in [0.15, 0.2) is 0 Å². The van der Waals surface area contributed by atoms with Crippen LogP contribution in [0.2, 0.25) is 0 Å². The van der Waals surface area contributed by atoms with Crippen LogP contribution in [0.3, 0.4) is 0 Å². The number of aliphatic hydroxyl groups excluding tert-OH is 1. The minimum atomic E-state index is -0.782. The second kappa shape index (κ2) is 9.71. The standard InChI is InChI=1S/C27H30N2O6/c1-17-14-20-15-19(6-7-22(20)35-17)25(31)23-24(18-4-2-5-21(30)16-18)29(27(33)26(23)32)9-3-8-28-10-12-34-13-11-28/h2,4-7,15-17,24,30-31H,3,8-14H2,1H3/b25-23+/t17-,24+/m0/s1. The lowest BCUT2D eigenvalue weighted by atomic mass is 9.94. The Balaban J connectivity index is 1.48. The van der Waals surface area contributed by atoms with Crippen molar-refractivity contribution in [2.45, 2.75) is 31.9 Å². The van der Waals surface area contributed by atoms with Crippen molar-refractivity contribution in [1.29, 1.82) is 0 Å². The monoisotopic (exact) mass is 478 g/mol. The van der Waals surface area contributed by atoms with Crippen LogP contribution in [0.15, 0.2) is 48.0 Å². The summed E-state index contributed by atoms with van der Waals surface area (Å²) in [6.07, 6.45) is 1.44. The molecule has 0 aromatic heterocycles. The van der Waals surface area contributed by atoms with Crippen LogP contribution in [0.4, 0.5) is 0 Å². The highest BCUT2D eigenvalue weighted by Crippen LogP contribution is 2.41. The van der Waals surface area contributed by atoms with Gasteiger partial charge in [0.2, 0.25) is 0 Å². The zero-order chi connectivity index (χ0) is 24.5. The summed E-state index contributed by atoms with van der Waals surface area (Å²) in [6, 6.07) is 11.0. The Morgan fingerprint density at radius 3 is 2.66 bits per heavy atom. The summed E-state index contributed by atoms with van der Waals surface area (Å²) in [5.41, 5.74) is 2.04. The van der Waals surface area contributed by atoms with Gasteiger partial charge in [0, 0.05) is 38.2 Å². The number of morpholine rings is 1. The molecule has 5 rings (SSSR count). The lowest BCUT2D eigenvalue weighted by Gasteiger charge is -2.29. The number of Topliss-reactive ketones (excluding diaryl/α,β-unsaturated/α-hetero) is 1. The van der Waals surface area contributed by atoms with Gasteiger partial charge >= 0.3 is 0 Å². The summed E-state index contributed by atoms with van der Waals surface area (Å²) >= 11 is 0. The second-order valence-corrected chi connectivity index (χ2v) is 9.35. The summed E-state index contributed by atoms with van der Waals surface area (Å²) in [5.74, 6) is -0.769. The number of nitrogens with zero attached hydrogens (tertiary/aromatic N) is 2. The second-order valence-electron chi connectivity index (χ2n) is 9.35. The van der Waals surface area contributed by atoms with Crippen molar-refractivity contribution in [3.8, 4) is 11.5 Å². The molecule has 3 heterocycles. The Hall–Kier alpha value is -3.36. The molecule has 0 bridgehead atoms. The minimum Gasteiger partial charge on any atom is -0.508 e. The van der Waals surface area contributed by atoms with E-state index < -0.39 is 17.7 Å². The molecule has 2 atom stereocenters. The maximum absolute atomic E-state index is 13.2. The van der Waals surface area contributed by atoms with Crippen LogP contribution in [-0.2, 0) is 20.7 Å². The molecule has 0 aliphatic carbocycles. The van der Waals surface area contributed by atoms with Crippen LogP contribution < -0.4 is 4.74 Å². The number of aromatic hydroxyl groups is 1. The Labute approximate surface area is 204 Å². The molecule has 3 aliphatic rings. The average molecular weight is 479 g/mol. The van der Waals surface area contributed by atoms with Crippen molar-refractivity contribution in [1.82, 2.24) is 9.80 Å². The number of amides is 1. The first kappa shape index (κ1) is 23.4. The quantitative estimate of drug-likeness (QED) is 0.374. The number of aliphatic hydroxyl groups is 1. The van der Waals surface area contributed by atoms with Crippen LogP contribution in [-0.4, -0.2) is 77.2 Å². The number of ketones is 1. The number of ether oxygens (including phenoxy) is 2. The van der Waals surface area contributed by atoms with Crippen LogP contribution in [0.5, 0.6) is 11.5 Å². The Morgan fingerprint density at radius 2 is 1.89 bits per heavy atom. The zero-order valence-electron chi connectivity index (χ0n) is 19.8. The van der Waals surface area contributed by atoms with Gasteiger partial charge in [0.05, 0.1) is 24.8 Å². The van der Waals surface area contributed by atoms with E-state index in [2.05, 4.69) is 4.90 Å². The molecule has 184 valence electrons. The largest absolute Gasteiger partial charge is 0.508 e. The lowest BCUT2D eigenvalue weighted by molar-refractivity contribution is -0.140. The predicted molar refractivity (Wildman–Crippen MR) is 129 cm³/mol.